The summed E-state index contributed by atoms with van der Waals surface area (Å²) in [6.07, 6.45) is 1.15. The topological polar surface area (TPSA) is 71.3 Å². The molecule has 38 heavy (non-hydrogen) atoms. The number of carbonyl (C=O) groups is 2. The molecule has 1 aromatic heterocycles. The number of hydrogen-bond acceptors (Lipinski definition) is 5. The molecule has 4 rings (SSSR count). The number of rotatable bonds is 9. The molecule has 0 N–H and O–H groups in total. The number of para-hydroxylation sites is 1. The number of amides is 2. The number of alkyl halides is 1. The fourth-order valence-corrected chi connectivity index (χ4v) is 5.69. The van der Waals surface area contributed by atoms with E-state index in [1.54, 1.807) is 11.8 Å². The van der Waals surface area contributed by atoms with E-state index in [0.717, 1.165) is 22.2 Å². The Bertz CT molecular complexity index is 1270. The van der Waals surface area contributed by atoms with Gasteiger partial charge in [-0.2, -0.15) is 0 Å². The third kappa shape index (κ3) is 6.35. The van der Waals surface area contributed by atoms with Crippen molar-refractivity contribution >= 4 is 46.8 Å². The summed E-state index contributed by atoms with van der Waals surface area (Å²) in [5.74, 6) is 1.83. The van der Waals surface area contributed by atoms with Crippen LogP contribution in [0.3, 0.4) is 0 Å². The van der Waals surface area contributed by atoms with Crippen molar-refractivity contribution in [3.8, 4) is 17.1 Å². The molecule has 202 valence electrons. The fraction of sp³-hybridized carbons (Fsp3) is 0.429. The molecule has 3 aromatic rings. The molecule has 1 saturated heterocycles. The molecule has 0 bridgehead atoms. The Hall–Kier alpha value is -2.55. The van der Waals surface area contributed by atoms with Gasteiger partial charge in [-0.1, -0.05) is 53.7 Å². The first-order valence-electron chi connectivity index (χ1n) is 12.8. The molecular weight excluding hydrogens is 541 g/mol. The molecule has 0 spiro atoms. The predicted molar refractivity (Wildman–Crippen MR) is 154 cm³/mol. The number of thioether (sulfide) groups is 1. The highest BCUT2D eigenvalue weighted by atomic mass is 35.5. The van der Waals surface area contributed by atoms with Crippen molar-refractivity contribution in [3.05, 3.63) is 59.6 Å². The lowest BCUT2D eigenvalue weighted by atomic mass is 9.93. The van der Waals surface area contributed by atoms with Gasteiger partial charge < -0.3 is 9.80 Å². The molecule has 2 heterocycles. The van der Waals surface area contributed by atoms with Crippen LogP contribution in [0.25, 0.3) is 17.1 Å². The second-order valence-electron chi connectivity index (χ2n) is 10.1. The normalized spacial score (nSPS) is 16.1. The predicted octanol–water partition coefficient (Wildman–Crippen LogP) is 5.78. The van der Waals surface area contributed by atoms with Crippen LogP contribution in [0.4, 0.5) is 0 Å². The van der Waals surface area contributed by atoms with Gasteiger partial charge in [-0.3, -0.25) is 14.2 Å². The van der Waals surface area contributed by atoms with Crippen molar-refractivity contribution in [3.63, 3.8) is 0 Å². The smallest absolute Gasteiger partial charge is 0.229 e. The van der Waals surface area contributed by atoms with Crippen molar-refractivity contribution in [2.45, 2.75) is 44.8 Å². The fourth-order valence-electron chi connectivity index (χ4n) is 4.47. The highest BCUT2D eigenvalue weighted by Gasteiger charge is 2.36. The molecule has 1 aliphatic rings. The summed E-state index contributed by atoms with van der Waals surface area (Å²) in [6, 6.07) is 17.5. The molecule has 0 aliphatic carbocycles. The summed E-state index contributed by atoms with van der Waals surface area (Å²) in [6.45, 7) is 7.33. The Kier molecular flexibility index (Phi) is 9.39. The number of carbonyl (C=O) groups excluding carboxylic acids is 2. The SMILES string of the molecule is CC1CN(C(=O)CCCSc2nnc(-c3ccccc3Cl)n2-c2ccccc2)CCN1C(=O)C(C)(C)CCl. The van der Waals surface area contributed by atoms with E-state index in [1.165, 1.54) is 0 Å². The third-order valence-corrected chi connectivity index (χ3v) is 8.70. The van der Waals surface area contributed by atoms with Crippen LogP contribution in [0.5, 0.6) is 0 Å². The maximum Gasteiger partial charge on any atom is 0.229 e. The first kappa shape index (κ1) is 28.5. The highest BCUT2D eigenvalue weighted by Crippen LogP contribution is 2.32. The number of piperazine rings is 1. The summed E-state index contributed by atoms with van der Waals surface area (Å²) < 4.78 is 2.01. The summed E-state index contributed by atoms with van der Waals surface area (Å²) in [5.41, 5.74) is 1.16. The largest absolute Gasteiger partial charge is 0.339 e. The van der Waals surface area contributed by atoms with Gasteiger partial charge in [0, 0.05) is 55.0 Å². The van der Waals surface area contributed by atoms with E-state index in [2.05, 4.69) is 10.2 Å². The molecule has 2 amide bonds. The van der Waals surface area contributed by atoms with Crippen LogP contribution in [-0.4, -0.2) is 73.7 Å². The average molecular weight is 575 g/mol. The van der Waals surface area contributed by atoms with Crippen LogP contribution in [0.15, 0.2) is 59.8 Å². The summed E-state index contributed by atoms with van der Waals surface area (Å²) in [5, 5.41) is 10.3. The van der Waals surface area contributed by atoms with Gasteiger partial charge in [-0.15, -0.1) is 21.8 Å². The quantitative estimate of drug-likeness (QED) is 0.184. The van der Waals surface area contributed by atoms with Crippen LogP contribution >= 0.6 is 35.0 Å². The number of nitrogens with zero attached hydrogens (tertiary/aromatic N) is 5. The van der Waals surface area contributed by atoms with Gasteiger partial charge in [-0.05, 0) is 51.5 Å². The van der Waals surface area contributed by atoms with Crippen molar-refractivity contribution in [1.29, 1.82) is 0 Å². The first-order chi connectivity index (χ1) is 18.2. The molecule has 2 aromatic carbocycles. The molecular formula is C28H33Cl2N5O2S. The minimum atomic E-state index is -0.606. The maximum atomic E-state index is 12.9. The second-order valence-corrected chi connectivity index (χ2v) is 11.9. The molecule has 1 aliphatic heterocycles. The van der Waals surface area contributed by atoms with Crippen molar-refractivity contribution in [1.82, 2.24) is 24.6 Å². The van der Waals surface area contributed by atoms with Gasteiger partial charge in [0.25, 0.3) is 0 Å². The van der Waals surface area contributed by atoms with Crippen LogP contribution in [-0.2, 0) is 9.59 Å². The van der Waals surface area contributed by atoms with E-state index >= 15 is 0 Å². The summed E-state index contributed by atoms with van der Waals surface area (Å²) in [4.78, 5) is 29.5. The summed E-state index contributed by atoms with van der Waals surface area (Å²) >= 11 is 14.0. The molecule has 7 nitrogen and oxygen atoms in total. The maximum absolute atomic E-state index is 12.9. The highest BCUT2D eigenvalue weighted by molar-refractivity contribution is 7.99. The number of aromatic nitrogens is 3. The number of benzene rings is 2. The first-order valence-corrected chi connectivity index (χ1v) is 14.7. The van der Waals surface area contributed by atoms with E-state index in [0.29, 0.717) is 43.3 Å². The van der Waals surface area contributed by atoms with Crippen LogP contribution in [0.1, 0.15) is 33.6 Å². The van der Waals surface area contributed by atoms with E-state index in [9.17, 15) is 9.59 Å². The Labute approximate surface area is 238 Å². The number of halogens is 2. The zero-order valence-electron chi connectivity index (χ0n) is 21.9. The molecule has 1 unspecified atom stereocenters. The molecule has 1 atom stereocenters. The lowest BCUT2D eigenvalue weighted by molar-refractivity contribution is -0.148. The Morgan fingerprint density at radius 1 is 1.05 bits per heavy atom. The van der Waals surface area contributed by atoms with Crippen LogP contribution in [0, 0.1) is 5.41 Å². The van der Waals surface area contributed by atoms with Gasteiger partial charge in [0.05, 0.1) is 10.4 Å². The lowest BCUT2D eigenvalue weighted by Gasteiger charge is -2.42. The van der Waals surface area contributed by atoms with Crippen LogP contribution in [0.2, 0.25) is 5.02 Å². The van der Waals surface area contributed by atoms with Crippen LogP contribution < -0.4 is 0 Å². The van der Waals surface area contributed by atoms with Gasteiger partial charge in [0.1, 0.15) is 0 Å². The third-order valence-electron chi connectivity index (χ3n) is 6.68. The molecule has 0 radical (unpaired) electrons. The monoisotopic (exact) mass is 573 g/mol. The summed E-state index contributed by atoms with van der Waals surface area (Å²) in [7, 11) is 0. The standard InChI is InChI=1S/C28H33Cl2N5O2S/c1-20-18-33(15-16-34(20)26(37)28(2,3)19-29)24(36)14-9-17-38-27-32-31-25(22-12-7-8-13-23(22)30)35(27)21-10-5-4-6-11-21/h4-8,10-13,20H,9,14-19H2,1-3H3. The Morgan fingerprint density at radius 2 is 1.76 bits per heavy atom. The van der Waals surface area contributed by atoms with Gasteiger partial charge in [0.15, 0.2) is 11.0 Å². The second kappa shape index (κ2) is 12.5. The van der Waals surface area contributed by atoms with E-state index in [4.69, 9.17) is 23.2 Å². The van der Waals surface area contributed by atoms with Crippen molar-refractivity contribution < 1.29 is 9.59 Å². The van der Waals surface area contributed by atoms with E-state index < -0.39 is 5.41 Å². The minimum Gasteiger partial charge on any atom is -0.339 e. The van der Waals surface area contributed by atoms with E-state index in [-0.39, 0.29) is 23.7 Å². The average Bonchev–Trinajstić information content (AvgIpc) is 3.34. The number of hydrogen-bond donors (Lipinski definition) is 0. The van der Waals surface area contributed by atoms with Gasteiger partial charge in [0.2, 0.25) is 11.8 Å². The van der Waals surface area contributed by atoms with Gasteiger partial charge >= 0.3 is 0 Å². The van der Waals surface area contributed by atoms with Gasteiger partial charge in [-0.25, -0.2) is 0 Å². The Morgan fingerprint density at radius 3 is 2.45 bits per heavy atom. The van der Waals surface area contributed by atoms with E-state index in [1.807, 2.05) is 89.7 Å². The Balaban J connectivity index is 1.36. The molecule has 0 saturated carbocycles. The zero-order chi connectivity index (χ0) is 27.3. The van der Waals surface area contributed by atoms with Crippen molar-refractivity contribution in [2.75, 3.05) is 31.3 Å². The lowest BCUT2D eigenvalue weighted by Crippen LogP contribution is -2.58. The zero-order valence-corrected chi connectivity index (χ0v) is 24.3. The minimum absolute atomic E-state index is 0.0373. The molecule has 10 heteroatoms. The van der Waals surface area contributed by atoms with Crippen molar-refractivity contribution in [2.24, 2.45) is 5.41 Å². The molecule has 1 fully saturated rings.